The minimum absolute atomic E-state index is 0.590. The summed E-state index contributed by atoms with van der Waals surface area (Å²) in [6.07, 6.45) is 0. The molecule has 11 aromatic rings. The van der Waals surface area contributed by atoms with Gasteiger partial charge in [0.15, 0.2) is 17.5 Å². The van der Waals surface area contributed by atoms with Crippen molar-refractivity contribution in [3.63, 3.8) is 0 Å². The van der Waals surface area contributed by atoms with E-state index in [1.165, 1.54) is 11.1 Å². The Bertz CT molecular complexity index is 3180. The number of hydrogen-bond acceptors (Lipinski definition) is 5. The molecule has 0 amide bonds. The van der Waals surface area contributed by atoms with Crippen molar-refractivity contribution in [2.24, 2.45) is 0 Å². The summed E-state index contributed by atoms with van der Waals surface area (Å²) in [5.41, 5.74) is 12.9. The molecule has 0 N–H and O–H groups in total. The fourth-order valence-corrected chi connectivity index (χ4v) is 7.86. The van der Waals surface area contributed by atoms with E-state index in [1.54, 1.807) is 0 Å². The van der Waals surface area contributed by atoms with E-state index < -0.39 is 0 Å². The van der Waals surface area contributed by atoms with Gasteiger partial charge < -0.3 is 8.83 Å². The predicted octanol–water partition coefficient (Wildman–Crippen LogP) is 13.7. The molecule has 3 aromatic heterocycles. The molecule has 0 bridgehead atoms. The zero-order chi connectivity index (χ0) is 37.0. The van der Waals surface area contributed by atoms with Crippen LogP contribution in [0.3, 0.4) is 0 Å². The van der Waals surface area contributed by atoms with Crippen molar-refractivity contribution in [3.05, 3.63) is 188 Å². The molecule has 0 aliphatic rings. The average Bonchev–Trinajstić information content (AvgIpc) is 3.84. The lowest BCUT2D eigenvalue weighted by molar-refractivity contribution is 0.668. The van der Waals surface area contributed by atoms with Gasteiger partial charge in [0.05, 0.1) is 0 Å². The van der Waals surface area contributed by atoms with Gasteiger partial charge in [-0.1, -0.05) is 146 Å². The molecular formula is C51H31N3O2. The molecule has 5 heteroatoms. The molecule has 0 atom stereocenters. The number of rotatable bonds is 6. The molecule has 0 aliphatic heterocycles. The van der Waals surface area contributed by atoms with Gasteiger partial charge in [0.25, 0.3) is 0 Å². The van der Waals surface area contributed by atoms with E-state index in [1.807, 2.05) is 72.8 Å². The van der Waals surface area contributed by atoms with Crippen LogP contribution in [0.1, 0.15) is 0 Å². The molecule has 0 fully saturated rings. The fraction of sp³-hybridized carbons (Fsp3) is 0. The summed E-state index contributed by atoms with van der Waals surface area (Å²) in [4.78, 5) is 14.7. The lowest BCUT2D eigenvalue weighted by Gasteiger charge is -2.11. The second-order valence-electron chi connectivity index (χ2n) is 14.0. The summed E-state index contributed by atoms with van der Waals surface area (Å²) < 4.78 is 13.0. The van der Waals surface area contributed by atoms with Crippen molar-refractivity contribution in [2.75, 3.05) is 0 Å². The average molecular weight is 718 g/mol. The quantitative estimate of drug-likeness (QED) is 0.171. The van der Waals surface area contributed by atoms with Gasteiger partial charge in [0.1, 0.15) is 22.3 Å². The molecular weight excluding hydrogens is 687 g/mol. The zero-order valence-corrected chi connectivity index (χ0v) is 30.1. The number of fused-ring (bicyclic) bond motifs is 6. The highest BCUT2D eigenvalue weighted by Crippen LogP contribution is 2.41. The summed E-state index contributed by atoms with van der Waals surface area (Å²) in [7, 11) is 0. The number of benzene rings is 8. The van der Waals surface area contributed by atoms with Crippen LogP contribution < -0.4 is 0 Å². The van der Waals surface area contributed by atoms with Crippen LogP contribution in [0.15, 0.2) is 197 Å². The van der Waals surface area contributed by atoms with Gasteiger partial charge in [-0.3, -0.25) is 0 Å². The third-order valence-corrected chi connectivity index (χ3v) is 10.6. The molecule has 0 unspecified atom stereocenters. The van der Waals surface area contributed by atoms with Gasteiger partial charge >= 0.3 is 0 Å². The minimum Gasteiger partial charge on any atom is -0.456 e. The van der Waals surface area contributed by atoms with Crippen molar-refractivity contribution in [2.45, 2.75) is 0 Å². The van der Waals surface area contributed by atoms with E-state index in [0.717, 1.165) is 82.8 Å². The minimum atomic E-state index is 0.590. The lowest BCUT2D eigenvalue weighted by atomic mass is 9.93. The van der Waals surface area contributed by atoms with Gasteiger partial charge in [-0.2, -0.15) is 0 Å². The maximum atomic E-state index is 6.49. The van der Waals surface area contributed by atoms with Gasteiger partial charge in [-0.25, -0.2) is 15.0 Å². The van der Waals surface area contributed by atoms with Crippen LogP contribution >= 0.6 is 0 Å². The molecule has 56 heavy (non-hydrogen) atoms. The van der Waals surface area contributed by atoms with Crippen molar-refractivity contribution < 1.29 is 8.83 Å². The van der Waals surface area contributed by atoms with E-state index >= 15 is 0 Å². The fourth-order valence-electron chi connectivity index (χ4n) is 7.86. The highest BCUT2D eigenvalue weighted by molar-refractivity contribution is 6.13. The molecule has 0 aliphatic carbocycles. The monoisotopic (exact) mass is 717 g/mol. The van der Waals surface area contributed by atoms with E-state index in [2.05, 4.69) is 115 Å². The Morgan fingerprint density at radius 1 is 0.268 bits per heavy atom. The van der Waals surface area contributed by atoms with E-state index in [4.69, 9.17) is 23.8 Å². The van der Waals surface area contributed by atoms with Crippen molar-refractivity contribution >= 4 is 43.9 Å². The normalized spacial score (nSPS) is 11.6. The number of furan rings is 2. The number of aromatic nitrogens is 3. The Labute approximate surface area is 322 Å². The summed E-state index contributed by atoms with van der Waals surface area (Å²) in [5.74, 6) is 1.84. The first-order valence-electron chi connectivity index (χ1n) is 18.7. The first-order chi connectivity index (χ1) is 27.7. The van der Waals surface area contributed by atoms with Gasteiger partial charge in [0, 0.05) is 38.2 Å². The van der Waals surface area contributed by atoms with Crippen LogP contribution in [0, 0.1) is 0 Å². The summed E-state index contributed by atoms with van der Waals surface area (Å²) in [5, 5.41) is 4.32. The van der Waals surface area contributed by atoms with E-state index in [9.17, 15) is 0 Å². The molecule has 11 rings (SSSR count). The molecule has 0 radical (unpaired) electrons. The highest BCUT2D eigenvalue weighted by Gasteiger charge is 2.18. The zero-order valence-electron chi connectivity index (χ0n) is 30.1. The first-order valence-corrected chi connectivity index (χ1v) is 18.7. The van der Waals surface area contributed by atoms with E-state index in [0.29, 0.717) is 17.5 Å². The number of nitrogens with zero attached hydrogens (tertiary/aromatic N) is 3. The van der Waals surface area contributed by atoms with Crippen LogP contribution in [0.25, 0.3) is 111 Å². The standard InChI is InChI=1S/C51H31N3O2/c1-4-13-32(14-5-1)40-21-12-22-45-48(40)42-27-23-36(30-47(42)56-45)39-20-11-10-19-38(39)35-25-28-44-43(29-35)41-26-24-37(31-46(41)55-44)51-53-49(33-15-6-2-7-16-33)52-50(54-51)34-17-8-3-9-18-34/h1-31H. The highest BCUT2D eigenvalue weighted by atomic mass is 16.3. The van der Waals surface area contributed by atoms with Crippen molar-refractivity contribution in [1.82, 2.24) is 15.0 Å². The molecule has 8 aromatic carbocycles. The Hall–Kier alpha value is -7.63. The van der Waals surface area contributed by atoms with Gasteiger partial charge in [0.2, 0.25) is 0 Å². The Kier molecular flexibility index (Phi) is 7.42. The summed E-state index contributed by atoms with van der Waals surface area (Å²) in [6.45, 7) is 0. The maximum Gasteiger partial charge on any atom is 0.164 e. The van der Waals surface area contributed by atoms with Gasteiger partial charge in [-0.15, -0.1) is 0 Å². The second-order valence-corrected chi connectivity index (χ2v) is 14.0. The third-order valence-electron chi connectivity index (χ3n) is 10.6. The van der Waals surface area contributed by atoms with Crippen molar-refractivity contribution in [3.8, 4) is 67.5 Å². The predicted molar refractivity (Wildman–Crippen MR) is 227 cm³/mol. The molecule has 262 valence electrons. The van der Waals surface area contributed by atoms with Crippen LogP contribution in [0.5, 0.6) is 0 Å². The SMILES string of the molecule is c1ccc(-c2nc(-c3ccccc3)nc(-c3ccc4c(c3)oc3ccc(-c5ccccc5-c5ccc6c(c5)oc5cccc(-c7ccccc7)c56)cc34)n2)cc1. The molecule has 0 saturated carbocycles. The molecule has 5 nitrogen and oxygen atoms in total. The van der Waals surface area contributed by atoms with E-state index in [-0.39, 0.29) is 0 Å². The Balaban J connectivity index is 0.986. The van der Waals surface area contributed by atoms with Crippen LogP contribution in [-0.2, 0) is 0 Å². The third kappa shape index (κ3) is 5.45. The first kappa shape index (κ1) is 31.9. The Morgan fingerprint density at radius 2 is 0.750 bits per heavy atom. The second kappa shape index (κ2) is 13.0. The largest absolute Gasteiger partial charge is 0.456 e. The Morgan fingerprint density at radius 3 is 1.43 bits per heavy atom. The summed E-state index contributed by atoms with van der Waals surface area (Å²) >= 11 is 0. The van der Waals surface area contributed by atoms with Crippen LogP contribution in [0.2, 0.25) is 0 Å². The lowest BCUT2D eigenvalue weighted by Crippen LogP contribution is -2.00. The topological polar surface area (TPSA) is 65.0 Å². The maximum absolute atomic E-state index is 6.49. The summed E-state index contributed by atoms with van der Waals surface area (Å²) in [6, 6.07) is 64.6. The van der Waals surface area contributed by atoms with Crippen LogP contribution in [-0.4, -0.2) is 15.0 Å². The molecule has 0 spiro atoms. The van der Waals surface area contributed by atoms with Crippen molar-refractivity contribution in [1.29, 1.82) is 0 Å². The molecule has 3 heterocycles. The smallest absolute Gasteiger partial charge is 0.164 e. The number of hydrogen-bond donors (Lipinski definition) is 0. The molecule has 0 saturated heterocycles. The van der Waals surface area contributed by atoms with Crippen LogP contribution in [0.4, 0.5) is 0 Å². The van der Waals surface area contributed by atoms with Gasteiger partial charge in [-0.05, 0) is 75.8 Å².